The van der Waals surface area contributed by atoms with Crippen molar-refractivity contribution in [3.8, 4) is 0 Å². The average molecular weight is 336 g/mol. The normalized spacial score (nSPS) is 15.0. The molecule has 25 heavy (non-hydrogen) atoms. The zero-order valence-corrected chi connectivity index (χ0v) is 14.8. The molecule has 0 spiro atoms. The number of likely N-dealkylation sites (tertiary alicyclic amines) is 1. The average Bonchev–Trinajstić information content (AvgIpc) is 2.67. The molecule has 1 aliphatic heterocycles. The first kappa shape index (κ1) is 17.2. The number of piperidine rings is 1. The Bertz CT molecular complexity index is 730. The van der Waals surface area contributed by atoms with Crippen molar-refractivity contribution in [2.45, 2.75) is 12.8 Å². The first-order valence-electron chi connectivity index (χ1n) is 8.72. The fourth-order valence-corrected chi connectivity index (χ4v) is 3.27. The van der Waals surface area contributed by atoms with Crippen LogP contribution in [0.1, 0.15) is 33.6 Å². The highest BCUT2D eigenvalue weighted by Crippen LogP contribution is 2.23. The summed E-state index contributed by atoms with van der Waals surface area (Å²) in [4.78, 5) is 29.1. The molecule has 1 aliphatic rings. The van der Waals surface area contributed by atoms with Gasteiger partial charge in [-0.2, -0.15) is 0 Å². The number of carbonyl (C=O) groups is 2. The van der Waals surface area contributed by atoms with Crippen LogP contribution in [0.3, 0.4) is 0 Å². The summed E-state index contributed by atoms with van der Waals surface area (Å²) in [7, 11) is 3.96. The predicted molar refractivity (Wildman–Crippen MR) is 100 cm³/mol. The molecule has 0 radical (unpaired) electrons. The molecule has 0 aromatic heterocycles. The van der Waals surface area contributed by atoms with Gasteiger partial charge >= 0.3 is 0 Å². The van der Waals surface area contributed by atoms with Crippen molar-refractivity contribution in [2.24, 2.45) is 5.92 Å². The van der Waals surface area contributed by atoms with E-state index in [9.17, 15) is 9.59 Å². The highest BCUT2D eigenvalue weighted by Gasteiger charge is 2.28. The molecule has 4 heteroatoms. The van der Waals surface area contributed by atoms with Crippen LogP contribution in [0.15, 0.2) is 54.6 Å². The molecule has 0 aliphatic carbocycles. The molecule has 1 saturated heterocycles. The Labute approximate surface area is 149 Å². The third-order valence-electron chi connectivity index (χ3n) is 4.84. The van der Waals surface area contributed by atoms with E-state index in [1.54, 1.807) is 0 Å². The summed E-state index contributed by atoms with van der Waals surface area (Å²) in [6.45, 7) is 1.27. The van der Waals surface area contributed by atoms with Gasteiger partial charge in [0.15, 0.2) is 5.78 Å². The zero-order valence-electron chi connectivity index (χ0n) is 14.8. The fraction of sp³-hybridized carbons (Fsp3) is 0.333. The van der Waals surface area contributed by atoms with Gasteiger partial charge in [0.05, 0.1) is 0 Å². The van der Waals surface area contributed by atoms with Crippen LogP contribution in [0.4, 0.5) is 5.69 Å². The summed E-state index contributed by atoms with van der Waals surface area (Å²) in [5.41, 5.74) is 2.55. The maximum absolute atomic E-state index is 12.7. The third kappa shape index (κ3) is 3.90. The summed E-state index contributed by atoms with van der Waals surface area (Å²) in [6.07, 6.45) is 1.46. The predicted octanol–water partition coefficient (Wildman–Crippen LogP) is 3.49. The van der Waals surface area contributed by atoms with Crippen molar-refractivity contribution in [3.05, 3.63) is 65.7 Å². The number of carbonyl (C=O) groups excluding carboxylic acids is 2. The molecular weight excluding hydrogens is 312 g/mol. The number of amides is 1. The number of nitrogens with zero attached hydrogens (tertiary/aromatic N) is 2. The van der Waals surface area contributed by atoms with Gasteiger partial charge in [-0.15, -0.1) is 0 Å². The Hall–Kier alpha value is -2.62. The van der Waals surface area contributed by atoms with Crippen LogP contribution in [0, 0.1) is 5.92 Å². The highest BCUT2D eigenvalue weighted by atomic mass is 16.2. The molecule has 4 nitrogen and oxygen atoms in total. The molecule has 2 aromatic carbocycles. The maximum atomic E-state index is 12.7. The van der Waals surface area contributed by atoms with E-state index in [2.05, 4.69) is 0 Å². The summed E-state index contributed by atoms with van der Waals surface area (Å²) in [5, 5.41) is 0. The van der Waals surface area contributed by atoms with E-state index in [0.29, 0.717) is 18.7 Å². The summed E-state index contributed by atoms with van der Waals surface area (Å²) in [6, 6.07) is 17.1. The molecule has 130 valence electrons. The second kappa shape index (κ2) is 7.51. The topological polar surface area (TPSA) is 40.6 Å². The lowest BCUT2D eigenvalue weighted by Gasteiger charge is -2.31. The second-order valence-corrected chi connectivity index (χ2v) is 6.74. The van der Waals surface area contributed by atoms with Gasteiger partial charge < -0.3 is 9.80 Å². The number of ketones is 1. The lowest BCUT2D eigenvalue weighted by Crippen LogP contribution is -2.40. The van der Waals surface area contributed by atoms with E-state index >= 15 is 0 Å². The Morgan fingerprint density at radius 1 is 0.880 bits per heavy atom. The minimum atomic E-state index is 0.0163. The SMILES string of the molecule is CN(C)c1ccc(C(=O)N2CCC(C(=O)c3ccccc3)CC2)cc1. The number of anilines is 1. The zero-order chi connectivity index (χ0) is 17.8. The molecule has 1 fully saturated rings. The van der Waals surface area contributed by atoms with Gasteiger partial charge in [-0.05, 0) is 37.1 Å². The van der Waals surface area contributed by atoms with Gasteiger partial charge in [0.2, 0.25) is 0 Å². The van der Waals surface area contributed by atoms with Crippen molar-refractivity contribution in [2.75, 3.05) is 32.1 Å². The van der Waals surface area contributed by atoms with Crippen molar-refractivity contribution in [3.63, 3.8) is 0 Å². The molecule has 1 heterocycles. The molecule has 0 saturated carbocycles. The minimum absolute atomic E-state index is 0.0163. The minimum Gasteiger partial charge on any atom is -0.378 e. The van der Waals surface area contributed by atoms with Crippen LogP contribution in [0.5, 0.6) is 0 Å². The van der Waals surface area contributed by atoms with Crippen LogP contribution in [0.2, 0.25) is 0 Å². The Morgan fingerprint density at radius 2 is 1.48 bits per heavy atom. The number of benzene rings is 2. The molecular formula is C21H24N2O2. The lowest BCUT2D eigenvalue weighted by atomic mass is 9.88. The number of rotatable bonds is 4. The lowest BCUT2D eigenvalue weighted by molar-refractivity contribution is 0.0650. The summed E-state index contributed by atoms with van der Waals surface area (Å²) in [5.74, 6) is 0.265. The van der Waals surface area contributed by atoms with Gasteiger partial charge in [0.25, 0.3) is 5.91 Å². The summed E-state index contributed by atoms with van der Waals surface area (Å²) < 4.78 is 0. The molecule has 0 unspecified atom stereocenters. The van der Waals surface area contributed by atoms with Gasteiger partial charge in [0.1, 0.15) is 0 Å². The Kier molecular flexibility index (Phi) is 5.17. The van der Waals surface area contributed by atoms with Gasteiger partial charge in [-0.3, -0.25) is 9.59 Å². The quantitative estimate of drug-likeness (QED) is 0.803. The molecule has 1 amide bonds. The van der Waals surface area contributed by atoms with Crippen molar-refractivity contribution in [1.82, 2.24) is 4.90 Å². The molecule has 0 N–H and O–H groups in total. The van der Waals surface area contributed by atoms with E-state index in [1.807, 2.05) is 78.5 Å². The molecule has 0 bridgehead atoms. The third-order valence-corrected chi connectivity index (χ3v) is 4.84. The number of hydrogen-bond acceptors (Lipinski definition) is 3. The van der Waals surface area contributed by atoms with E-state index in [1.165, 1.54) is 0 Å². The molecule has 0 atom stereocenters. The van der Waals surface area contributed by atoms with Gasteiger partial charge in [-0.25, -0.2) is 0 Å². The number of Topliss-reactive ketones (excluding diaryl/α,β-unsaturated/α-hetero) is 1. The largest absolute Gasteiger partial charge is 0.378 e. The van der Waals surface area contributed by atoms with Crippen LogP contribution < -0.4 is 4.90 Å². The van der Waals surface area contributed by atoms with Crippen molar-refractivity contribution < 1.29 is 9.59 Å². The van der Waals surface area contributed by atoms with Gasteiger partial charge in [0, 0.05) is 49.9 Å². The second-order valence-electron chi connectivity index (χ2n) is 6.74. The van der Waals surface area contributed by atoms with Crippen LogP contribution >= 0.6 is 0 Å². The van der Waals surface area contributed by atoms with E-state index in [0.717, 1.165) is 24.1 Å². The standard InChI is InChI=1S/C21H24N2O2/c1-22(2)19-10-8-18(9-11-19)21(25)23-14-12-17(13-15-23)20(24)16-6-4-3-5-7-16/h3-11,17H,12-15H2,1-2H3. The van der Waals surface area contributed by atoms with E-state index in [4.69, 9.17) is 0 Å². The first-order valence-corrected chi connectivity index (χ1v) is 8.72. The van der Waals surface area contributed by atoms with Crippen molar-refractivity contribution in [1.29, 1.82) is 0 Å². The molecule has 3 rings (SSSR count). The smallest absolute Gasteiger partial charge is 0.253 e. The Morgan fingerprint density at radius 3 is 2.04 bits per heavy atom. The number of hydrogen-bond donors (Lipinski definition) is 0. The van der Waals surface area contributed by atoms with Crippen molar-refractivity contribution >= 4 is 17.4 Å². The van der Waals surface area contributed by atoms with Crippen LogP contribution in [-0.2, 0) is 0 Å². The monoisotopic (exact) mass is 336 g/mol. The van der Waals surface area contributed by atoms with E-state index in [-0.39, 0.29) is 17.6 Å². The van der Waals surface area contributed by atoms with Crippen LogP contribution in [-0.4, -0.2) is 43.8 Å². The fourth-order valence-electron chi connectivity index (χ4n) is 3.27. The first-order chi connectivity index (χ1) is 12.1. The van der Waals surface area contributed by atoms with Crippen LogP contribution in [0.25, 0.3) is 0 Å². The summed E-state index contributed by atoms with van der Waals surface area (Å²) >= 11 is 0. The highest BCUT2D eigenvalue weighted by molar-refractivity contribution is 5.98. The Balaban J connectivity index is 1.60. The molecule has 2 aromatic rings. The maximum Gasteiger partial charge on any atom is 0.253 e. The van der Waals surface area contributed by atoms with Gasteiger partial charge in [-0.1, -0.05) is 30.3 Å². The van der Waals surface area contributed by atoms with E-state index < -0.39 is 0 Å².